The Balaban J connectivity index is 1.39. The van der Waals surface area contributed by atoms with Gasteiger partial charge in [0, 0.05) is 17.4 Å². The Bertz CT molecular complexity index is 3500. The highest BCUT2D eigenvalue weighted by Gasteiger charge is 2.24. The van der Waals surface area contributed by atoms with Gasteiger partial charge in [0.15, 0.2) is 31.3 Å². The molecular formula is C30H29FN12O18S6. The van der Waals surface area contributed by atoms with Crippen LogP contribution in [0.5, 0.6) is 0 Å². The predicted molar refractivity (Wildman–Crippen MR) is 226 cm³/mol. The van der Waals surface area contributed by atoms with E-state index in [2.05, 4.69) is 59.4 Å². The van der Waals surface area contributed by atoms with Gasteiger partial charge < -0.3 is 22.1 Å². The minimum atomic E-state index is -5.23. The maximum Gasteiger partial charge on any atom is 0.397 e. The van der Waals surface area contributed by atoms with E-state index in [1.165, 1.54) is 12.1 Å². The second-order valence-electron chi connectivity index (χ2n) is 12.6. The van der Waals surface area contributed by atoms with E-state index in [9.17, 15) is 64.0 Å². The number of halogens is 1. The second-order valence-corrected chi connectivity index (χ2v) is 21.8. The zero-order valence-electron chi connectivity index (χ0n) is 32.7. The first-order valence-corrected chi connectivity index (χ1v) is 26.2. The smallest absolute Gasteiger partial charge is 0.382 e. The Morgan fingerprint density at radius 2 is 0.955 bits per heavy atom. The summed E-state index contributed by atoms with van der Waals surface area (Å²) in [4.78, 5) is 11.9. The predicted octanol–water partition coefficient (Wildman–Crippen LogP) is 2.57. The van der Waals surface area contributed by atoms with Crippen LogP contribution in [0.4, 0.5) is 62.0 Å². The topological polar surface area (TPSA) is 481 Å². The summed E-state index contributed by atoms with van der Waals surface area (Å²) in [5.41, 5.74) is 9.78. The SMILES string of the molecule is Nc1nc(N)c(N=Nc2ccc(S(=O)(=O)CCOS(=O)(=O)O)cc2S(=O)(=O)O)cc1N=Nc1cc(Nc2nc(F)nc(Nc3ccc(S(=O)(=O)CCOS(=O)(=O)O)cc3)n2)ccc1S(=O)(=O)O. The van der Waals surface area contributed by atoms with Gasteiger partial charge >= 0.3 is 26.9 Å². The number of nitrogens with two attached hydrogens (primary N) is 2. The highest BCUT2D eigenvalue weighted by molar-refractivity contribution is 7.92. The highest BCUT2D eigenvalue weighted by Crippen LogP contribution is 2.36. The van der Waals surface area contributed by atoms with Crippen molar-refractivity contribution in [3.8, 4) is 0 Å². The van der Waals surface area contributed by atoms with E-state index in [0.29, 0.717) is 6.07 Å². The number of hydrogen-bond donors (Lipinski definition) is 8. The summed E-state index contributed by atoms with van der Waals surface area (Å²) in [6.45, 7) is -1.92. The van der Waals surface area contributed by atoms with Gasteiger partial charge in [0.05, 0.1) is 34.5 Å². The van der Waals surface area contributed by atoms with Crippen LogP contribution in [0.15, 0.2) is 107 Å². The minimum Gasteiger partial charge on any atom is -0.382 e. The molecule has 5 rings (SSSR count). The molecule has 37 heteroatoms. The van der Waals surface area contributed by atoms with Crippen LogP contribution in [0, 0.1) is 6.08 Å². The Hall–Kier alpha value is -6.39. The second kappa shape index (κ2) is 19.8. The molecule has 0 saturated heterocycles. The normalized spacial score (nSPS) is 13.0. The summed E-state index contributed by atoms with van der Waals surface area (Å²) in [5, 5.41) is 20.2. The van der Waals surface area contributed by atoms with E-state index in [0.717, 1.165) is 48.5 Å². The van der Waals surface area contributed by atoms with Gasteiger partial charge in [-0.2, -0.15) is 53.0 Å². The molecule has 10 N–H and O–H groups in total. The molecule has 67 heavy (non-hydrogen) atoms. The molecule has 5 aromatic rings. The van der Waals surface area contributed by atoms with E-state index < -0.39 is 152 Å². The maximum absolute atomic E-state index is 14.5. The van der Waals surface area contributed by atoms with Crippen molar-refractivity contribution >= 4 is 118 Å². The van der Waals surface area contributed by atoms with Gasteiger partial charge in [0.25, 0.3) is 20.2 Å². The summed E-state index contributed by atoms with van der Waals surface area (Å²) in [5.74, 6) is -3.69. The van der Waals surface area contributed by atoms with Gasteiger partial charge in [-0.05, 0) is 60.7 Å². The average molecular weight is 1060 g/mol. The lowest BCUT2D eigenvalue weighted by Gasteiger charge is -2.10. The molecule has 3 aromatic carbocycles. The molecule has 2 heterocycles. The number of hydrogen-bond acceptors (Lipinski definition) is 26. The maximum atomic E-state index is 14.5. The third kappa shape index (κ3) is 14.8. The molecule has 0 bridgehead atoms. The zero-order valence-corrected chi connectivity index (χ0v) is 37.6. The largest absolute Gasteiger partial charge is 0.397 e. The van der Waals surface area contributed by atoms with Gasteiger partial charge in [0.2, 0.25) is 11.9 Å². The molecule has 360 valence electrons. The summed E-state index contributed by atoms with van der Waals surface area (Å²) in [6, 6.07) is 10.6. The molecule has 0 atom stereocenters. The Morgan fingerprint density at radius 1 is 0.507 bits per heavy atom. The van der Waals surface area contributed by atoms with E-state index >= 15 is 0 Å². The number of rotatable bonds is 20. The Morgan fingerprint density at radius 3 is 1.46 bits per heavy atom. The van der Waals surface area contributed by atoms with Crippen LogP contribution >= 0.6 is 0 Å². The van der Waals surface area contributed by atoms with Crippen LogP contribution in [0.1, 0.15) is 0 Å². The molecule has 0 fully saturated rings. The van der Waals surface area contributed by atoms with E-state index in [-0.39, 0.29) is 16.3 Å². The van der Waals surface area contributed by atoms with Gasteiger partial charge in [-0.1, -0.05) is 0 Å². The number of nitrogens with one attached hydrogen (secondary N) is 2. The van der Waals surface area contributed by atoms with Gasteiger partial charge in [-0.15, -0.1) is 20.5 Å². The molecule has 0 aliphatic rings. The third-order valence-electron chi connectivity index (χ3n) is 7.88. The van der Waals surface area contributed by atoms with Crippen LogP contribution in [0.25, 0.3) is 0 Å². The molecule has 0 aliphatic carbocycles. The Kier molecular flexibility index (Phi) is 15.3. The lowest BCUT2D eigenvalue weighted by atomic mass is 10.3. The zero-order chi connectivity index (χ0) is 49.8. The summed E-state index contributed by atoms with van der Waals surface area (Å²) in [6.07, 6.45) is -1.34. The summed E-state index contributed by atoms with van der Waals surface area (Å²) in [7, 11) is -28.7. The quantitative estimate of drug-likeness (QED) is 0.0410. The van der Waals surface area contributed by atoms with E-state index in [1.807, 2.05) is 0 Å². The first-order chi connectivity index (χ1) is 30.9. The Labute approximate surface area is 377 Å². The van der Waals surface area contributed by atoms with Crippen LogP contribution in [0.3, 0.4) is 0 Å². The lowest BCUT2D eigenvalue weighted by molar-refractivity contribution is 0.282. The van der Waals surface area contributed by atoms with Gasteiger partial charge in [-0.3, -0.25) is 18.2 Å². The summed E-state index contributed by atoms with van der Waals surface area (Å²) >= 11 is 0. The minimum absolute atomic E-state index is 0.0942. The van der Waals surface area contributed by atoms with Crippen molar-refractivity contribution in [3.63, 3.8) is 0 Å². The van der Waals surface area contributed by atoms with Gasteiger partial charge in [-0.25, -0.2) is 30.2 Å². The molecular weight excluding hydrogens is 1030 g/mol. The third-order valence-corrected chi connectivity index (χ3v) is 14.0. The number of azo groups is 2. The molecule has 0 amide bonds. The van der Waals surface area contributed by atoms with Crippen molar-refractivity contribution in [3.05, 3.63) is 72.8 Å². The number of nitrogens with zero attached hydrogens (tertiary/aromatic N) is 8. The standard InChI is InChI=1S/C30H29FN12O18S6/c31-28-37-29(34-16-1-4-18(5-2-16)62(44,45)11-9-60-66(54,55)56)39-30(38-28)35-17-3-8-24(64(48,49)50)21(13-17)41-43-23-15-22(26(32)36-27(23)33)42-40-20-7-6-19(14-25(20)65(51,52)53)63(46,47)12-10-61-67(57,58)59/h1-8,13-15H,9-12H2,(H4,32,33,36)(H,48,49,50)(H,51,52,53)(H,54,55,56)(H,57,58,59)(H2,34,35,37,38,39). The number of sulfone groups is 2. The van der Waals surface area contributed by atoms with Crippen molar-refractivity contribution in [1.82, 2.24) is 19.9 Å². The molecule has 30 nitrogen and oxygen atoms in total. The molecule has 0 saturated carbocycles. The number of benzene rings is 3. The summed E-state index contributed by atoms with van der Waals surface area (Å²) < 4.78 is 202. The van der Waals surface area contributed by atoms with Crippen molar-refractivity contribution < 1.29 is 81.5 Å². The number of nitrogen functional groups attached to an aromatic ring is 2. The van der Waals surface area contributed by atoms with Crippen molar-refractivity contribution in [2.24, 2.45) is 20.5 Å². The molecule has 0 unspecified atom stereocenters. The average Bonchev–Trinajstić information content (AvgIpc) is 3.18. The monoisotopic (exact) mass is 1060 g/mol. The number of anilines is 6. The van der Waals surface area contributed by atoms with E-state index in [4.69, 9.17) is 20.6 Å². The first-order valence-electron chi connectivity index (χ1n) is 17.3. The molecule has 2 aromatic heterocycles. The van der Waals surface area contributed by atoms with Crippen LogP contribution in [-0.2, 0) is 69.1 Å². The van der Waals surface area contributed by atoms with Crippen molar-refractivity contribution in [2.75, 3.05) is 46.8 Å². The van der Waals surface area contributed by atoms with Crippen LogP contribution in [-0.4, -0.2) is 113 Å². The number of pyridine rings is 1. The fourth-order valence-corrected chi connectivity index (χ4v) is 9.29. The highest BCUT2D eigenvalue weighted by atomic mass is 32.3. The lowest BCUT2D eigenvalue weighted by Crippen LogP contribution is -2.16. The van der Waals surface area contributed by atoms with Gasteiger partial charge in [0.1, 0.15) is 32.5 Å². The van der Waals surface area contributed by atoms with Crippen molar-refractivity contribution in [2.45, 2.75) is 19.6 Å². The first kappa shape index (κ1) is 51.6. The fourth-order valence-electron chi connectivity index (χ4n) is 4.97. The van der Waals surface area contributed by atoms with Crippen LogP contribution < -0.4 is 22.1 Å². The molecule has 0 aliphatic heterocycles. The number of aromatic nitrogens is 4. The molecule has 0 spiro atoms. The molecule has 0 radical (unpaired) electrons. The fraction of sp³-hybridized carbons (Fsp3) is 0.133. The van der Waals surface area contributed by atoms with Crippen molar-refractivity contribution in [1.29, 1.82) is 0 Å². The van der Waals surface area contributed by atoms with E-state index in [1.54, 1.807) is 0 Å². The van der Waals surface area contributed by atoms with Crippen LogP contribution in [0.2, 0.25) is 0 Å².